The van der Waals surface area contributed by atoms with E-state index in [0.29, 0.717) is 12.7 Å². The van der Waals surface area contributed by atoms with Gasteiger partial charge in [0.05, 0.1) is 28.2 Å². The van der Waals surface area contributed by atoms with Crippen LogP contribution in [-0.2, 0) is 17.9 Å². The predicted molar refractivity (Wildman–Crippen MR) is 69.8 cm³/mol. The molecule has 1 rings (SSSR count). The summed E-state index contributed by atoms with van der Waals surface area (Å²) >= 11 is 2.32. The molecule has 4 heteroatoms. The van der Waals surface area contributed by atoms with E-state index in [-0.39, 0.29) is 0 Å². The number of hydrogen-bond acceptors (Lipinski definition) is 2. The van der Waals surface area contributed by atoms with Crippen molar-refractivity contribution < 1.29 is 4.74 Å². The number of nitrogens with zero attached hydrogens (tertiary/aromatic N) is 2. The lowest BCUT2D eigenvalue weighted by Crippen LogP contribution is -2.11. The molecule has 0 spiro atoms. The van der Waals surface area contributed by atoms with Gasteiger partial charge >= 0.3 is 0 Å². The van der Waals surface area contributed by atoms with Gasteiger partial charge in [0.25, 0.3) is 0 Å². The molecule has 15 heavy (non-hydrogen) atoms. The van der Waals surface area contributed by atoms with Crippen LogP contribution in [0, 0.1) is 3.57 Å². The van der Waals surface area contributed by atoms with Crippen LogP contribution in [0.4, 0.5) is 0 Å². The lowest BCUT2D eigenvalue weighted by Gasteiger charge is -2.12. The maximum atomic E-state index is 5.74. The van der Waals surface area contributed by atoms with Crippen LogP contribution in [0.3, 0.4) is 0 Å². The molecule has 0 amide bonds. The first-order valence-electron chi connectivity index (χ1n) is 5.50. The van der Waals surface area contributed by atoms with Crippen molar-refractivity contribution in [3.63, 3.8) is 0 Å². The van der Waals surface area contributed by atoms with Crippen molar-refractivity contribution in [2.24, 2.45) is 0 Å². The van der Waals surface area contributed by atoms with Crippen LogP contribution in [0.15, 0.2) is 6.20 Å². The van der Waals surface area contributed by atoms with Crippen LogP contribution in [-0.4, -0.2) is 15.9 Å². The van der Waals surface area contributed by atoms with Gasteiger partial charge in [0.15, 0.2) is 0 Å². The van der Waals surface area contributed by atoms with Crippen molar-refractivity contribution in [1.29, 1.82) is 0 Å². The molecule has 0 fully saturated rings. The first-order chi connectivity index (χ1) is 7.19. The topological polar surface area (TPSA) is 27.1 Å². The molecule has 0 radical (unpaired) electrons. The lowest BCUT2D eigenvalue weighted by atomic mass is 10.3. The van der Waals surface area contributed by atoms with E-state index in [2.05, 4.69) is 48.5 Å². The van der Waals surface area contributed by atoms with E-state index >= 15 is 0 Å². The Hall–Kier alpha value is -0.100. The standard InChI is InChI=1S/C11H19IN2O/c1-4-6-14-11(10(12)7-13-14)8-15-9(3)5-2/h7,9H,4-6,8H2,1-3H3/t9-/m1/s1. The van der Waals surface area contributed by atoms with Crippen LogP contribution in [0.25, 0.3) is 0 Å². The number of aromatic nitrogens is 2. The van der Waals surface area contributed by atoms with Gasteiger partial charge in [-0.15, -0.1) is 0 Å². The summed E-state index contributed by atoms with van der Waals surface area (Å²) in [5, 5.41) is 4.34. The molecule has 0 aliphatic carbocycles. The Morgan fingerprint density at radius 1 is 1.53 bits per heavy atom. The quantitative estimate of drug-likeness (QED) is 0.752. The van der Waals surface area contributed by atoms with E-state index in [1.165, 1.54) is 9.26 Å². The molecule has 0 N–H and O–H groups in total. The van der Waals surface area contributed by atoms with E-state index in [0.717, 1.165) is 19.4 Å². The zero-order chi connectivity index (χ0) is 11.3. The smallest absolute Gasteiger partial charge is 0.0899 e. The second kappa shape index (κ2) is 6.48. The molecule has 0 unspecified atom stereocenters. The SMILES string of the molecule is CCCn1ncc(I)c1CO[C@H](C)CC. The molecule has 0 saturated heterocycles. The van der Waals surface area contributed by atoms with Gasteiger partial charge in [-0.2, -0.15) is 5.10 Å². The zero-order valence-corrected chi connectivity index (χ0v) is 11.8. The highest BCUT2D eigenvalue weighted by Crippen LogP contribution is 2.14. The maximum absolute atomic E-state index is 5.74. The summed E-state index contributed by atoms with van der Waals surface area (Å²) < 4.78 is 8.98. The molecule has 0 aliphatic rings. The van der Waals surface area contributed by atoms with E-state index in [1.807, 2.05) is 10.9 Å². The summed E-state index contributed by atoms with van der Waals surface area (Å²) in [6.45, 7) is 8.05. The molecule has 1 aromatic rings. The highest BCUT2D eigenvalue weighted by atomic mass is 127. The van der Waals surface area contributed by atoms with Crippen LogP contribution < -0.4 is 0 Å². The van der Waals surface area contributed by atoms with E-state index in [9.17, 15) is 0 Å². The van der Waals surface area contributed by atoms with Crippen molar-refractivity contribution in [3.05, 3.63) is 15.5 Å². The third-order valence-electron chi connectivity index (χ3n) is 2.41. The minimum atomic E-state index is 0.325. The van der Waals surface area contributed by atoms with Gasteiger partial charge < -0.3 is 4.74 Å². The fraction of sp³-hybridized carbons (Fsp3) is 0.727. The second-order valence-corrected chi connectivity index (χ2v) is 4.85. The summed E-state index contributed by atoms with van der Waals surface area (Å²) in [5.74, 6) is 0. The van der Waals surface area contributed by atoms with Crippen molar-refractivity contribution in [2.75, 3.05) is 0 Å². The molecule has 1 heterocycles. The molecule has 86 valence electrons. The van der Waals surface area contributed by atoms with Gasteiger partial charge in [-0.3, -0.25) is 4.68 Å². The molecule has 0 bridgehead atoms. The van der Waals surface area contributed by atoms with Gasteiger partial charge in [0.2, 0.25) is 0 Å². The Morgan fingerprint density at radius 3 is 2.87 bits per heavy atom. The normalized spacial score (nSPS) is 13.1. The largest absolute Gasteiger partial charge is 0.372 e. The van der Waals surface area contributed by atoms with Crippen molar-refractivity contribution >= 4 is 22.6 Å². The molecule has 1 atom stereocenters. The Balaban J connectivity index is 2.61. The Kier molecular flexibility index (Phi) is 5.60. The molecule has 1 aromatic heterocycles. The zero-order valence-electron chi connectivity index (χ0n) is 9.66. The van der Waals surface area contributed by atoms with Crippen molar-refractivity contribution in [1.82, 2.24) is 9.78 Å². The molecule has 0 saturated carbocycles. The molecule has 3 nitrogen and oxygen atoms in total. The highest BCUT2D eigenvalue weighted by Gasteiger charge is 2.09. The Bertz CT molecular complexity index is 299. The summed E-state index contributed by atoms with van der Waals surface area (Å²) in [7, 11) is 0. The van der Waals surface area contributed by atoms with Crippen molar-refractivity contribution in [3.8, 4) is 0 Å². The number of hydrogen-bond donors (Lipinski definition) is 0. The van der Waals surface area contributed by atoms with E-state index in [1.54, 1.807) is 0 Å². The summed E-state index contributed by atoms with van der Waals surface area (Å²) in [6, 6.07) is 0. The highest BCUT2D eigenvalue weighted by molar-refractivity contribution is 14.1. The maximum Gasteiger partial charge on any atom is 0.0899 e. The number of ether oxygens (including phenoxy) is 1. The van der Waals surface area contributed by atoms with Crippen LogP contribution >= 0.6 is 22.6 Å². The Labute approximate surface area is 105 Å². The summed E-state index contributed by atoms with van der Waals surface area (Å²) in [6.07, 6.45) is 4.39. The minimum Gasteiger partial charge on any atom is -0.372 e. The van der Waals surface area contributed by atoms with E-state index < -0.39 is 0 Å². The fourth-order valence-electron chi connectivity index (χ4n) is 1.27. The summed E-state index contributed by atoms with van der Waals surface area (Å²) in [4.78, 5) is 0. The van der Waals surface area contributed by atoms with Gasteiger partial charge in [-0.25, -0.2) is 0 Å². The van der Waals surface area contributed by atoms with Crippen LogP contribution in [0.5, 0.6) is 0 Å². The molecular weight excluding hydrogens is 303 g/mol. The Morgan fingerprint density at radius 2 is 2.27 bits per heavy atom. The van der Waals surface area contributed by atoms with Crippen LogP contribution in [0.2, 0.25) is 0 Å². The van der Waals surface area contributed by atoms with Crippen LogP contribution in [0.1, 0.15) is 39.3 Å². The minimum absolute atomic E-state index is 0.325. The fourth-order valence-corrected chi connectivity index (χ4v) is 1.83. The predicted octanol–water partition coefficient (Wildman–Crippen LogP) is 3.21. The van der Waals surface area contributed by atoms with Gasteiger partial charge in [-0.05, 0) is 42.4 Å². The lowest BCUT2D eigenvalue weighted by molar-refractivity contribution is 0.0462. The molecule has 0 aliphatic heterocycles. The molecule has 0 aromatic carbocycles. The average molecular weight is 322 g/mol. The first kappa shape index (κ1) is 13.0. The molecular formula is C11H19IN2O. The van der Waals surface area contributed by atoms with E-state index in [4.69, 9.17) is 4.74 Å². The third-order valence-corrected chi connectivity index (χ3v) is 3.31. The van der Waals surface area contributed by atoms with Gasteiger partial charge in [0.1, 0.15) is 0 Å². The monoisotopic (exact) mass is 322 g/mol. The second-order valence-electron chi connectivity index (χ2n) is 3.69. The number of aryl methyl sites for hydroxylation is 1. The van der Waals surface area contributed by atoms with Gasteiger partial charge in [0, 0.05) is 6.54 Å². The van der Waals surface area contributed by atoms with Crippen molar-refractivity contribution in [2.45, 2.75) is 52.9 Å². The average Bonchev–Trinajstić information content (AvgIpc) is 2.57. The number of rotatable bonds is 6. The third kappa shape index (κ3) is 3.75. The number of halogens is 1. The van der Waals surface area contributed by atoms with Gasteiger partial charge in [-0.1, -0.05) is 13.8 Å². The first-order valence-corrected chi connectivity index (χ1v) is 6.58. The summed E-state index contributed by atoms with van der Waals surface area (Å²) in [5.41, 5.74) is 1.21.